The van der Waals surface area contributed by atoms with E-state index < -0.39 is 23.7 Å². The molecule has 94 valence electrons. The van der Waals surface area contributed by atoms with Crippen LogP contribution in [0.15, 0.2) is 0 Å². The van der Waals surface area contributed by atoms with Gasteiger partial charge in [0.15, 0.2) is 0 Å². The van der Waals surface area contributed by atoms with Crippen LogP contribution in [0.5, 0.6) is 0 Å². The molecule has 1 N–H and O–H groups in total. The molecule has 0 aliphatic rings. The van der Waals surface area contributed by atoms with Crippen molar-refractivity contribution in [2.24, 2.45) is 5.92 Å². The molecule has 0 radical (unpaired) electrons. The fraction of sp³-hybridized carbons (Fsp3) is 0.818. The van der Waals surface area contributed by atoms with Gasteiger partial charge in [-0.1, -0.05) is 13.8 Å². The zero-order valence-electron chi connectivity index (χ0n) is 10.8. The van der Waals surface area contributed by atoms with Crippen molar-refractivity contribution in [2.75, 3.05) is 7.11 Å². The summed E-state index contributed by atoms with van der Waals surface area (Å²) in [5, 5.41) is 2.45. The van der Waals surface area contributed by atoms with Crippen molar-refractivity contribution in [3.8, 4) is 0 Å². The Labute approximate surface area is 96.5 Å². The van der Waals surface area contributed by atoms with E-state index in [1.54, 1.807) is 20.8 Å². The summed E-state index contributed by atoms with van der Waals surface area (Å²) in [5.74, 6) is -0.512. The average molecular weight is 231 g/mol. The highest BCUT2D eigenvalue weighted by atomic mass is 16.6. The Morgan fingerprint density at radius 3 is 2.00 bits per heavy atom. The number of carbonyl (C=O) groups excluding carboxylic acids is 2. The summed E-state index contributed by atoms with van der Waals surface area (Å²) in [5.41, 5.74) is -0.567. The average Bonchev–Trinajstić information content (AvgIpc) is 2.09. The van der Waals surface area contributed by atoms with Crippen molar-refractivity contribution in [3.05, 3.63) is 0 Å². The minimum Gasteiger partial charge on any atom is -0.458 e. The summed E-state index contributed by atoms with van der Waals surface area (Å²) in [7, 11) is 1.25. The Balaban J connectivity index is 4.54. The highest BCUT2D eigenvalue weighted by Crippen LogP contribution is 2.12. The molecule has 0 bridgehead atoms. The van der Waals surface area contributed by atoms with E-state index >= 15 is 0 Å². The SMILES string of the molecule is COC(=O)NC(C(=O)OC(C)(C)C)C(C)C. The summed E-state index contributed by atoms with van der Waals surface area (Å²) in [4.78, 5) is 22.8. The molecule has 0 fully saturated rings. The fourth-order valence-electron chi connectivity index (χ4n) is 1.05. The van der Waals surface area contributed by atoms with Crippen molar-refractivity contribution >= 4 is 12.1 Å². The summed E-state index contributed by atoms with van der Waals surface area (Å²) in [6, 6.07) is -0.688. The number of amides is 1. The molecule has 1 unspecified atom stereocenters. The number of ether oxygens (including phenoxy) is 2. The van der Waals surface area contributed by atoms with E-state index in [1.807, 2.05) is 13.8 Å². The molecule has 16 heavy (non-hydrogen) atoms. The Morgan fingerprint density at radius 2 is 1.69 bits per heavy atom. The quantitative estimate of drug-likeness (QED) is 0.751. The second-order valence-electron chi connectivity index (χ2n) is 4.89. The van der Waals surface area contributed by atoms with E-state index in [0.29, 0.717) is 0 Å². The lowest BCUT2D eigenvalue weighted by molar-refractivity contribution is -0.158. The van der Waals surface area contributed by atoms with E-state index in [1.165, 1.54) is 7.11 Å². The third-order valence-corrected chi connectivity index (χ3v) is 1.79. The molecule has 0 aliphatic carbocycles. The second-order valence-corrected chi connectivity index (χ2v) is 4.89. The molecule has 0 aromatic carbocycles. The molecule has 5 heteroatoms. The first-order chi connectivity index (χ1) is 7.17. The van der Waals surface area contributed by atoms with E-state index in [-0.39, 0.29) is 5.92 Å². The van der Waals surface area contributed by atoms with Crippen LogP contribution in [0.1, 0.15) is 34.6 Å². The summed E-state index contributed by atoms with van der Waals surface area (Å²) < 4.78 is 9.65. The van der Waals surface area contributed by atoms with E-state index in [0.717, 1.165) is 0 Å². The maximum Gasteiger partial charge on any atom is 0.407 e. The molecular weight excluding hydrogens is 210 g/mol. The molecule has 0 spiro atoms. The van der Waals surface area contributed by atoms with E-state index in [2.05, 4.69) is 10.1 Å². The summed E-state index contributed by atoms with van der Waals surface area (Å²) in [6.45, 7) is 8.98. The minimum atomic E-state index is -0.688. The zero-order chi connectivity index (χ0) is 12.9. The molecule has 0 aliphatic heterocycles. The standard InChI is InChI=1S/C11H21NO4/c1-7(2)8(12-10(14)15-6)9(13)16-11(3,4)5/h7-8H,1-6H3,(H,12,14). The smallest absolute Gasteiger partial charge is 0.407 e. The van der Waals surface area contributed by atoms with Gasteiger partial charge in [-0.15, -0.1) is 0 Å². The Bertz CT molecular complexity index is 255. The van der Waals surface area contributed by atoms with Crippen molar-refractivity contribution in [1.82, 2.24) is 5.32 Å². The van der Waals surface area contributed by atoms with Crippen LogP contribution in [-0.4, -0.2) is 30.8 Å². The fourth-order valence-corrected chi connectivity index (χ4v) is 1.05. The molecule has 0 saturated carbocycles. The molecule has 0 aromatic heterocycles. The lowest BCUT2D eigenvalue weighted by atomic mass is 10.0. The van der Waals surface area contributed by atoms with Crippen molar-refractivity contribution < 1.29 is 19.1 Å². The highest BCUT2D eigenvalue weighted by Gasteiger charge is 2.29. The van der Waals surface area contributed by atoms with Gasteiger partial charge < -0.3 is 14.8 Å². The lowest BCUT2D eigenvalue weighted by Gasteiger charge is -2.26. The Morgan fingerprint density at radius 1 is 1.19 bits per heavy atom. The molecule has 0 rings (SSSR count). The van der Waals surface area contributed by atoms with Gasteiger partial charge in [0.25, 0.3) is 0 Å². The van der Waals surface area contributed by atoms with Crippen molar-refractivity contribution in [1.29, 1.82) is 0 Å². The van der Waals surface area contributed by atoms with Crippen LogP contribution in [-0.2, 0) is 14.3 Å². The largest absolute Gasteiger partial charge is 0.458 e. The third-order valence-electron chi connectivity index (χ3n) is 1.79. The molecule has 0 heterocycles. The number of esters is 1. The molecule has 0 saturated heterocycles. The lowest BCUT2D eigenvalue weighted by Crippen LogP contribution is -2.47. The Hall–Kier alpha value is -1.26. The van der Waals surface area contributed by atoms with E-state index in [4.69, 9.17) is 4.74 Å². The van der Waals surface area contributed by atoms with Gasteiger partial charge in [-0.2, -0.15) is 0 Å². The van der Waals surface area contributed by atoms with Crippen LogP contribution in [0.4, 0.5) is 4.79 Å². The predicted octanol–water partition coefficient (Wildman–Crippen LogP) is 1.71. The zero-order valence-corrected chi connectivity index (χ0v) is 10.8. The molecule has 0 aromatic rings. The van der Waals surface area contributed by atoms with Gasteiger partial charge in [0.05, 0.1) is 7.11 Å². The first-order valence-electron chi connectivity index (χ1n) is 5.24. The maximum absolute atomic E-state index is 11.8. The number of carbonyl (C=O) groups is 2. The monoisotopic (exact) mass is 231 g/mol. The Kier molecular flexibility index (Phi) is 5.27. The third kappa shape index (κ3) is 5.58. The molecule has 1 amide bonds. The van der Waals surface area contributed by atoms with Crippen LogP contribution in [0.25, 0.3) is 0 Å². The molecule has 5 nitrogen and oxygen atoms in total. The first-order valence-corrected chi connectivity index (χ1v) is 5.24. The summed E-state index contributed by atoms with van der Waals surface area (Å²) >= 11 is 0. The summed E-state index contributed by atoms with van der Waals surface area (Å²) in [6.07, 6.45) is -0.635. The van der Waals surface area contributed by atoms with Gasteiger partial charge >= 0.3 is 12.1 Å². The first kappa shape index (κ1) is 14.7. The molecular formula is C11H21NO4. The van der Waals surface area contributed by atoms with Gasteiger partial charge in [-0.3, -0.25) is 0 Å². The van der Waals surface area contributed by atoms with Gasteiger partial charge in [0, 0.05) is 0 Å². The number of methoxy groups -OCH3 is 1. The second kappa shape index (κ2) is 5.72. The van der Waals surface area contributed by atoms with Gasteiger partial charge in [-0.25, -0.2) is 9.59 Å². The number of rotatable bonds is 3. The van der Waals surface area contributed by atoms with Crippen LogP contribution in [0.2, 0.25) is 0 Å². The maximum atomic E-state index is 11.8. The van der Waals surface area contributed by atoms with E-state index in [9.17, 15) is 9.59 Å². The number of nitrogens with one attached hydrogen (secondary N) is 1. The van der Waals surface area contributed by atoms with Crippen LogP contribution < -0.4 is 5.32 Å². The van der Waals surface area contributed by atoms with Gasteiger partial charge in [0.2, 0.25) is 0 Å². The number of hydrogen-bond donors (Lipinski definition) is 1. The normalized spacial score (nSPS) is 13.2. The molecule has 1 atom stereocenters. The number of hydrogen-bond acceptors (Lipinski definition) is 4. The van der Waals surface area contributed by atoms with Crippen LogP contribution in [0, 0.1) is 5.92 Å². The predicted molar refractivity (Wildman–Crippen MR) is 60.0 cm³/mol. The van der Waals surface area contributed by atoms with Gasteiger partial charge in [0.1, 0.15) is 11.6 Å². The van der Waals surface area contributed by atoms with Crippen LogP contribution in [0.3, 0.4) is 0 Å². The van der Waals surface area contributed by atoms with Gasteiger partial charge in [-0.05, 0) is 26.7 Å². The van der Waals surface area contributed by atoms with Crippen molar-refractivity contribution in [2.45, 2.75) is 46.3 Å². The van der Waals surface area contributed by atoms with Crippen molar-refractivity contribution in [3.63, 3.8) is 0 Å². The topological polar surface area (TPSA) is 64.6 Å². The number of alkyl carbamates (subject to hydrolysis) is 1. The minimum absolute atomic E-state index is 0.0612. The van der Waals surface area contributed by atoms with Crippen LogP contribution >= 0.6 is 0 Å². The highest BCUT2D eigenvalue weighted by molar-refractivity contribution is 5.81.